The molecule has 1 aromatic heterocycles. The Bertz CT molecular complexity index is 751. The normalized spacial score (nSPS) is 10.7. The molecule has 0 bridgehead atoms. The van der Waals surface area contributed by atoms with Gasteiger partial charge in [-0.2, -0.15) is 0 Å². The first-order valence-corrected chi connectivity index (χ1v) is 8.14. The van der Waals surface area contributed by atoms with Crippen molar-refractivity contribution in [3.05, 3.63) is 50.6 Å². The summed E-state index contributed by atoms with van der Waals surface area (Å²) >= 11 is 4.86. The first-order chi connectivity index (χ1) is 11.0. The van der Waals surface area contributed by atoms with E-state index in [2.05, 4.69) is 15.9 Å². The summed E-state index contributed by atoms with van der Waals surface area (Å²) in [4.78, 5) is 23.6. The fourth-order valence-corrected chi connectivity index (χ4v) is 3.08. The van der Waals surface area contributed by atoms with Gasteiger partial charge >= 0.3 is 0 Å². The van der Waals surface area contributed by atoms with Gasteiger partial charge in [0.25, 0.3) is 0 Å². The Morgan fingerprint density at radius 2 is 2.09 bits per heavy atom. The second kappa shape index (κ2) is 7.94. The number of benzene rings is 1. The molecule has 0 aliphatic heterocycles. The Morgan fingerprint density at radius 1 is 1.30 bits per heavy atom. The molecule has 2 rings (SSSR count). The maximum Gasteiger partial charge on any atom is 0.186 e. The second-order valence-corrected chi connectivity index (χ2v) is 6.25. The van der Waals surface area contributed by atoms with E-state index in [1.165, 1.54) is 36.7 Å². The van der Waals surface area contributed by atoms with E-state index in [0.717, 1.165) is 9.35 Å². The molecule has 0 N–H and O–H groups in total. The van der Waals surface area contributed by atoms with E-state index in [1.54, 1.807) is 12.1 Å². The smallest absolute Gasteiger partial charge is 0.186 e. The number of allylic oxidation sites excluding steroid dienone is 1. The highest BCUT2D eigenvalue weighted by Crippen LogP contribution is 2.28. The number of thiophene rings is 1. The van der Waals surface area contributed by atoms with Crippen LogP contribution in [0.2, 0.25) is 0 Å². The molecule has 0 saturated carbocycles. The first kappa shape index (κ1) is 17.2. The average Bonchev–Trinajstić information content (AvgIpc) is 2.95. The van der Waals surface area contributed by atoms with Gasteiger partial charge in [-0.25, -0.2) is 0 Å². The molecule has 1 heterocycles. The SMILES string of the molecule is COc1cc(C(=O)/C=C/c2cc(Br)cs2)ccc1OCC(=O)[O-]. The third kappa shape index (κ3) is 4.94. The van der Waals surface area contributed by atoms with Crippen LogP contribution in [0.1, 0.15) is 15.2 Å². The Kier molecular flexibility index (Phi) is 5.95. The van der Waals surface area contributed by atoms with Crippen LogP contribution in [-0.4, -0.2) is 25.5 Å². The van der Waals surface area contributed by atoms with Crippen molar-refractivity contribution in [1.82, 2.24) is 0 Å². The lowest BCUT2D eigenvalue weighted by molar-refractivity contribution is -0.307. The number of hydrogen-bond donors (Lipinski definition) is 0. The molecule has 0 fully saturated rings. The largest absolute Gasteiger partial charge is 0.546 e. The van der Waals surface area contributed by atoms with Gasteiger partial charge in [-0.1, -0.05) is 0 Å². The van der Waals surface area contributed by atoms with Crippen molar-refractivity contribution < 1.29 is 24.2 Å². The fourth-order valence-electron chi connectivity index (χ4n) is 1.75. The Balaban J connectivity index is 2.14. The third-order valence-corrected chi connectivity index (χ3v) is 4.44. The summed E-state index contributed by atoms with van der Waals surface area (Å²) in [5.41, 5.74) is 0.412. The van der Waals surface area contributed by atoms with E-state index in [9.17, 15) is 14.7 Å². The summed E-state index contributed by atoms with van der Waals surface area (Å²) in [5, 5.41) is 12.4. The van der Waals surface area contributed by atoms with Crippen molar-refractivity contribution in [3.8, 4) is 11.5 Å². The van der Waals surface area contributed by atoms with Crippen LogP contribution in [0.5, 0.6) is 11.5 Å². The van der Waals surface area contributed by atoms with Crippen molar-refractivity contribution in [3.63, 3.8) is 0 Å². The molecule has 23 heavy (non-hydrogen) atoms. The second-order valence-electron chi connectivity index (χ2n) is 4.39. The Labute approximate surface area is 145 Å². The number of carboxylic acid groups (broad SMARTS) is 1. The van der Waals surface area contributed by atoms with Crippen LogP contribution < -0.4 is 14.6 Å². The van der Waals surface area contributed by atoms with E-state index >= 15 is 0 Å². The summed E-state index contributed by atoms with van der Waals surface area (Å²) in [7, 11) is 1.41. The molecule has 0 amide bonds. The zero-order valence-corrected chi connectivity index (χ0v) is 14.5. The lowest BCUT2D eigenvalue weighted by Crippen LogP contribution is -2.29. The topological polar surface area (TPSA) is 75.7 Å². The van der Waals surface area contributed by atoms with E-state index in [0.29, 0.717) is 5.56 Å². The quantitative estimate of drug-likeness (QED) is 0.531. The molecule has 0 aliphatic rings. The zero-order valence-electron chi connectivity index (χ0n) is 12.1. The highest BCUT2D eigenvalue weighted by atomic mass is 79.9. The van der Waals surface area contributed by atoms with Gasteiger partial charge in [-0.3, -0.25) is 4.79 Å². The van der Waals surface area contributed by atoms with Crippen molar-refractivity contribution in [1.29, 1.82) is 0 Å². The molecule has 7 heteroatoms. The summed E-state index contributed by atoms with van der Waals surface area (Å²) in [6, 6.07) is 6.45. The van der Waals surface area contributed by atoms with Crippen molar-refractivity contribution in [2.75, 3.05) is 13.7 Å². The van der Waals surface area contributed by atoms with E-state index in [-0.39, 0.29) is 17.3 Å². The molecule has 0 saturated heterocycles. The minimum absolute atomic E-state index is 0.195. The van der Waals surface area contributed by atoms with Crippen molar-refractivity contribution in [2.24, 2.45) is 0 Å². The highest BCUT2D eigenvalue weighted by molar-refractivity contribution is 9.10. The number of hydrogen-bond acceptors (Lipinski definition) is 6. The van der Waals surface area contributed by atoms with Crippen LogP contribution in [0.4, 0.5) is 0 Å². The van der Waals surface area contributed by atoms with E-state index in [1.807, 2.05) is 11.4 Å². The van der Waals surface area contributed by atoms with Crippen LogP contribution >= 0.6 is 27.3 Å². The van der Waals surface area contributed by atoms with Gasteiger partial charge in [-0.05, 0) is 52.3 Å². The molecule has 0 atom stereocenters. The zero-order chi connectivity index (χ0) is 16.8. The van der Waals surface area contributed by atoms with Gasteiger partial charge in [0, 0.05) is 20.3 Å². The maximum absolute atomic E-state index is 12.2. The average molecular weight is 396 g/mol. The monoisotopic (exact) mass is 395 g/mol. The van der Waals surface area contributed by atoms with Crippen LogP contribution in [0.15, 0.2) is 40.2 Å². The molecular formula is C16H12BrO5S-. The standard InChI is InChI=1S/C16H13BrO5S/c1-21-15-6-10(2-5-14(15)22-8-16(19)20)13(18)4-3-12-7-11(17)9-23-12/h2-7,9H,8H2,1H3,(H,19,20)/p-1/b4-3+. The number of methoxy groups -OCH3 is 1. The molecule has 120 valence electrons. The minimum atomic E-state index is -1.34. The predicted molar refractivity (Wildman–Crippen MR) is 88.9 cm³/mol. The van der Waals surface area contributed by atoms with Gasteiger partial charge in [-0.15, -0.1) is 11.3 Å². The lowest BCUT2D eigenvalue weighted by atomic mass is 10.1. The minimum Gasteiger partial charge on any atom is -0.546 e. The number of carbonyl (C=O) groups is 2. The van der Waals surface area contributed by atoms with E-state index in [4.69, 9.17) is 9.47 Å². The number of aliphatic carboxylic acids is 1. The Morgan fingerprint density at radius 3 is 2.70 bits per heavy atom. The van der Waals surface area contributed by atoms with Crippen LogP contribution in [0.3, 0.4) is 0 Å². The molecule has 0 aliphatic carbocycles. The predicted octanol–water partition coefficient (Wildman–Crippen LogP) is 2.54. The molecule has 1 aromatic carbocycles. The van der Waals surface area contributed by atoms with Crippen molar-refractivity contribution in [2.45, 2.75) is 0 Å². The van der Waals surface area contributed by atoms with Gasteiger partial charge in [0.05, 0.1) is 13.1 Å². The Hall–Kier alpha value is -2.12. The van der Waals surface area contributed by atoms with Gasteiger partial charge in [0.1, 0.15) is 6.61 Å². The van der Waals surface area contributed by atoms with Crippen molar-refractivity contribution >= 4 is 45.1 Å². The fraction of sp³-hybridized carbons (Fsp3) is 0.125. The van der Waals surface area contributed by atoms with Gasteiger partial charge in [0.15, 0.2) is 17.3 Å². The molecule has 0 unspecified atom stereocenters. The molecule has 5 nitrogen and oxygen atoms in total. The number of carboxylic acids is 1. The van der Waals surface area contributed by atoms with Gasteiger partial charge in [0.2, 0.25) is 0 Å². The van der Waals surface area contributed by atoms with Crippen LogP contribution in [0, 0.1) is 0 Å². The number of carbonyl (C=O) groups excluding carboxylic acids is 2. The molecular weight excluding hydrogens is 384 g/mol. The summed E-state index contributed by atoms with van der Waals surface area (Å²) in [6.07, 6.45) is 3.19. The number of rotatable bonds is 7. The first-order valence-electron chi connectivity index (χ1n) is 6.46. The molecule has 2 aromatic rings. The molecule has 0 radical (unpaired) electrons. The summed E-state index contributed by atoms with van der Waals surface area (Å²) in [5.74, 6) is -1.01. The lowest BCUT2D eigenvalue weighted by Gasteiger charge is -2.11. The number of ether oxygens (including phenoxy) is 2. The molecule has 0 spiro atoms. The number of ketones is 1. The highest BCUT2D eigenvalue weighted by Gasteiger charge is 2.09. The number of halogens is 1. The van der Waals surface area contributed by atoms with Crippen LogP contribution in [-0.2, 0) is 4.79 Å². The van der Waals surface area contributed by atoms with Crippen LogP contribution in [0.25, 0.3) is 6.08 Å². The summed E-state index contributed by atoms with van der Waals surface area (Å²) < 4.78 is 11.1. The third-order valence-electron chi connectivity index (χ3n) is 2.78. The maximum atomic E-state index is 12.2. The summed E-state index contributed by atoms with van der Waals surface area (Å²) in [6.45, 7) is -0.586. The van der Waals surface area contributed by atoms with E-state index < -0.39 is 12.6 Å². The van der Waals surface area contributed by atoms with Gasteiger partial charge < -0.3 is 19.4 Å².